The maximum atomic E-state index is 12.7. The second-order valence-electron chi connectivity index (χ2n) is 6.88. The van der Waals surface area contributed by atoms with Gasteiger partial charge in [0.15, 0.2) is 5.78 Å². The lowest BCUT2D eigenvalue weighted by Gasteiger charge is -2.44. The summed E-state index contributed by atoms with van der Waals surface area (Å²) in [6.45, 7) is 5.63. The van der Waals surface area contributed by atoms with E-state index in [0.717, 1.165) is 54.3 Å². The van der Waals surface area contributed by atoms with Crippen molar-refractivity contribution in [2.75, 3.05) is 18.0 Å². The minimum absolute atomic E-state index is 0.207. The molecule has 0 amide bonds. The van der Waals surface area contributed by atoms with E-state index in [1.54, 1.807) is 12.4 Å². The van der Waals surface area contributed by atoms with Crippen molar-refractivity contribution in [3.8, 4) is 5.75 Å². The Labute approximate surface area is 141 Å². The normalized spacial score (nSPS) is 19.1. The summed E-state index contributed by atoms with van der Waals surface area (Å²) in [6, 6.07) is 5.86. The van der Waals surface area contributed by atoms with Crippen molar-refractivity contribution in [3.05, 3.63) is 47.3 Å². The summed E-state index contributed by atoms with van der Waals surface area (Å²) in [4.78, 5) is 23.5. The third-order valence-electron chi connectivity index (χ3n) is 5.04. The number of Topliss-reactive ketones (excluding diaryl/α,β-unsaturated/α-hetero) is 1. The summed E-state index contributed by atoms with van der Waals surface area (Å²) in [6.07, 6.45) is 5.60. The van der Waals surface area contributed by atoms with Crippen molar-refractivity contribution in [3.63, 3.8) is 0 Å². The van der Waals surface area contributed by atoms with Crippen LogP contribution in [0.1, 0.15) is 40.7 Å². The molecule has 0 saturated carbocycles. The van der Waals surface area contributed by atoms with Crippen LogP contribution in [0.5, 0.6) is 5.75 Å². The van der Waals surface area contributed by atoms with E-state index in [2.05, 4.69) is 14.9 Å². The molecule has 2 aliphatic heterocycles. The van der Waals surface area contributed by atoms with Gasteiger partial charge in [0.1, 0.15) is 11.4 Å². The lowest BCUT2D eigenvalue weighted by Crippen LogP contribution is -2.51. The number of hydrogen-bond donors (Lipinski definition) is 0. The quantitative estimate of drug-likeness (QED) is 0.807. The van der Waals surface area contributed by atoms with E-state index in [-0.39, 0.29) is 11.4 Å². The van der Waals surface area contributed by atoms with Gasteiger partial charge in [0.25, 0.3) is 0 Å². The first-order chi connectivity index (χ1) is 11.6. The first-order valence-electron chi connectivity index (χ1n) is 8.42. The Morgan fingerprint density at radius 2 is 1.83 bits per heavy atom. The van der Waals surface area contributed by atoms with Gasteiger partial charge in [-0.15, -0.1) is 0 Å². The van der Waals surface area contributed by atoms with Gasteiger partial charge in [0.05, 0.1) is 12.0 Å². The van der Waals surface area contributed by atoms with Crippen LogP contribution in [0.3, 0.4) is 0 Å². The van der Waals surface area contributed by atoms with Gasteiger partial charge in [0, 0.05) is 38.3 Å². The molecular weight excluding hydrogens is 302 g/mol. The molecule has 24 heavy (non-hydrogen) atoms. The molecule has 0 radical (unpaired) electrons. The maximum absolute atomic E-state index is 12.7. The summed E-state index contributed by atoms with van der Waals surface area (Å²) in [7, 11) is 0. The third-order valence-corrected chi connectivity index (χ3v) is 5.04. The predicted octanol–water partition coefficient (Wildman–Crippen LogP) is 3.10. The van der Waals surface area contributed by atoms with Crippen LogP contribution in [0.15, 0.2) is 30.6 Å². The molecule has 0 bridgehead atoms. The highest BCUT2D eigenvalue weighted by Gasteiger charge is 2.43. The zero-order chi connectivity index (χ0) is 16.7. The lowest BCUT2D eigenvalue weighted by atomic mass is 9.81. The predicted molar refractivity (Wildman–Crippen MR) is 91.7 cm³/mol. The average Bonchev–Trinajstić information content (AvgIpc) is 2.55. The van der Waals surface area contributed by atoms with Crippen molar-refractivity contribution in [2.24, 2.45) is 0 Å². The number of ether oxygens (including phenoxy) is 1. The number of carbonyl (C=O) groups excluding carboxylic acids is 1. The second kappa shape index (κ2) is 5.58. The molecule has 5 heteroatoms. The third kappa shape index (κ3) is 2.54. The summed E-state index contributed by atoms with van der Waals surface area (Å²) >= 11 is 0. The largest absolute Gasteiger partial charge is 0.486 e. The Morgan fingerprint density at radius 1 is 1.12 bits per heavy atom. The molecule has 4 rings (SSSR count). The van der Waals surface area contributed by atoms with Crippen LogP contribution in [0.25, 0.3) is 0 Å². The molecule has 1 saturated heterocycles. The lowest BCUT2D eigenvalue weighted by molar-refractivity contribution is 0.0228. The van der Waals surface area contributed by atoms with Gasteiger partial charge < -0.3 is 9.64 Å². The van der Waals surface area contributed by atoms with Gasteiger partial charge in [-0.05, 0) is 37.1 Å². The van der Waals surface area contributed by atoms with Crippen LogP contribution in [-0.2, 0) is 0 Å². The van der Waals surface area contributed by atoms with E-state index in [4.69, 9.17) is 4.74 Å². The van der Waals surface area contributed by atoms with Crippen molar-refractivity contribution in [2.45, 2.75) is 38.7 Å². The van der Waals surface area contributed by atoms with Gasteiger partial charge in [0.2, 0.25) is 5.95 Å². The molecule has 0 N–H and O–H groups in total. The van der Waals surface area contributed by atoms with Gasteiger partial charge in [-0.1, -0.05) is 6.07 Å². The van der Waals surface area contributed by atoms with E-state index in [0.29, 0.717) is 6.42 Å². The van der Waals surface area contributed by atoms with E-state index < -0.39 is 0 Å². The smallest absolute Gasteiger partial charge is 0.225 e. The molecule has 2 aromatic rings. The summed E-state index contributed by atoms with van der Waals surface area (Å²) < 4.78 is 6.39. The highest BCUT2D eigenvalue weighted by Crippen LogP contribution is 2.41. The van der Waals surface area contributed by atoms with E-state index in [1.807, 2.05) is 32.0 Å². The number of piperidine rings is 1. The van der Waals surface area contributed by atoms with Crippen molar-refractivity contribution in [1.82, 2.24) is 9.97 Å². The van der Waals surface area contributed by atoms with Crippen LogP contribution >= 0.6 is 0 Å². The van der Waals surface area contributed by atoms with Crippen molar-refractivity contribution >= 4 is 11.7 Å². The van der Waals surface area contributed by atoms with Crippen molar-refractivity contribution in [1.29, 1.82) is 0 Å². The van der Waals surface area contributed by atoms with Gasteiger partial charge in [-0.25, -0.2) is 9.97 Å². The van der Waals surface area contributed by atoms with Gasteiger partial charge in [-0.2, -0.15) is 0 Å². The Hall–Kier alpha value is -2.43. The number of hydrogen-bond acceptors (Lipinski definition) is 5. The summed E-state index contributed by atoms with van der Waals surface area (Å²) in [5, 5.41) is 0. The Balaban J connectivity index is 1.57. The standard InChI is InChI=1S/C19H21N3O2/c1-13-10-14(2)17-15(23)12-19(24-16(17)11-13)4-8-22(9-5-19)18-20-6-3-7-21-18/h3,6-7,10-11H,4-5,8-9,12H2,1-2H3. The van der Waals surface area contributed by atoms with E-state index >= 15 is 0 Å². The Morgan fingerprint density at radius 3 is 2.54 bits per heavy atom. The molecule has 0 aliphatic carbocycles. The monoisotopic (exact) mass is 323 g/mol. The fourth-order valence-electron chi connectivity index (χ4n) is 3.86. The summed E-state index contributed by atoms with van der Waals surface area (Å²) in [5.41, 5.74) is 2.53. The molecule has 1 aromatic carbocycles. The molecule has 0 atom stereocenters. The SMILES string of the molecule is Cc1cc(C)c2c(c1)OC1(CCN(c3ncccn3)CC1)CC2=O. The van der Waals surface area contributed by atoms with Crippen LogP contribution in [0, 0.1) is 13.8 Å². The highest BCUT2D eigenvalue weighted by molar-refractivity contribution is 6.01. The Bertz CT molecular complexity index is 781. The number of fused-ring (bicyclic) bond motifs is 1. The second-order valence-corrected chi connectivity index (χ2v) is 6.88. The van der Waals surface area contributed by atoms with Crippen LogP contribution < -0.4 is 9.64 Å². The molecule has 1 fully saturated rings. The average molecular weight is 323 g/mol. The zero-order valence-corrected chi connectivity index (χ0v) is 14.1. The molecule has 1 aromatic heterocycles. The fourth-order valence-corrected chi connectivity index (χ4v) is 3.86. The fraction of sp³-hybridized carbons (Fsp3) is 0.421. The van der Waals surface area contributed by atoms with Crippen LogP contribution in [0.4, 0.5) is 5.95 Å². The number of carbonyl (C=O) groups is 1. The minimum atomic E-state index is -0.379. The van der Waals surface area contributed by atoms with Crippen LogP contribution in [0.2, 0.25) is 0 Å². The molecule has 124 valence electrons. The highest BCUT2D eigenvalue weighted by atomic mass is 16.5. The molecule has 1 spiro atoms. The van der Waals surface area contributed by atoms with E-state index in [9.17, 15) is 4.79 Å². The molecular formula is C19H21N3O2. The van der Waals surface area contributed by atoms with E-state index in [1.165, 1.54) is 0 Å². The number of aryl methyl sites for hydroxylation is 2. The summed E-state index contributed by atoms with van der Waals surface area (Å²) in [5.74, 6) is 1.72. The molecule has 3 heterocycles. The van der Waals surface area contributed by atoms with Gasteiger partial charge in [-0.3, -0.25) is 4.79 Å². The first kappa shape index (κ1) is 15.1. The molecule has 2 aliphatic rings. The zero-order valence-electron chi connectivity index (χ0n) is 14.1. The van der Waals surface area contributed by atoms with Crippen LogP contribution in [-0.4, -0.2) is 34.4 Å². The number of aromatic nitrogens is 2. The number of ketones is 1. The van der Waals surface area contributed by atoms with Crippen molar-refractivity contribution < 1.29 is 9.53 Å². The molecule has 5 nitrogen and oxygen atoms in total. The molecule has 0 unspecified atom stereocenters. The number of rotatable bonds is 1. The maximum Gasteiger partial charge on any atom is 0.225 e. The Kier molecular flexibility index (Phi) is 3.52. The minimum Gasteiger partial charge on any atom is -0.486 e. The first-order valence-corrected chi connectivity index (χ1v) is 8.42. The van der Waals surface area contributed by atoms with Gasteiger partial charge >= 0.3 is 0 Å². The topological polar surface area (TPSA) is 55.3 Å². The number of benzene rings is 1. The number of anilines is 1. The number of nitrogens with zero attached hydrogens (tertiary/aromatic N) is 3.